The van der Waals surface area contributed by atoms with Crippen LogP contribution in [0.25, 0.3) is 0 Å². The summed E-state index contributed by atoms with van der Waals surface area (Å²) in [5, 5.41) is 9.59. The smallest absolute Gasteiger partial charge is 0.325 e. The maximum Gasteiger partial charge on any atom is 0.325 e. The Morgan fingerprint density at radius 1 is 1.12 bits per heavy atom. The van der Waals surface area contributed by atoms with Crippen LogP contribution < -0.4 is 11.2 Å². The van der Waals surface area contributed by atoms with Crippen LogP contribution in [0.1, 0.15) is 11.3 Å². The Balaban J connectivity index is 2.16. The Labute approximate surface area is 144 Å². The van der Waals surface area contributed by atoms with Gasteiger partial charge in [0.05, 0.1) is 6.42 Å². The van der Waals surface area contributed by atoms with Gasteiger partial charge in [0.2, 0.25) is 5.91 Å². The average molecular weight is 346 g/mol. The van der Waals surface area contributed by atoms with E-state index in [-0.39, 0.29) is 23.8 Å². The molecule has 2 rings (SSSR count). The summed E-state index contributed by atoms with van der Waals surface area (Å²) < 4.78 is 0. The second-order valence-electron chi connectivity index (χ2n) is 6.08. The van der Waals surface area contributed by atoms with E-state index in [0.717, 1.165) is 5.56 Å². The summed E-state index contributed by atoms with van der Waals surface area (Å²) in [6, 6.07) is 7.91. The summed E-state index contributed by atoms with van der Waals surface area (Å²) >= 11 is 0. The summed E-state index contributed by atoms with van der Waals surface area (Å²) in [4.78, 5) is 43.5. The predicted octanol–water partition coefficient (Wildman–Crippen LogP) is -0.0983. The molecule has 0 aliphatic rings. The molecular formula is C17H22N4O4. The molecule has 1 aromatic carbocycles. The van der Waals surface area contributed by atoms with Crippen molar-refractivity contribution in [3.05, 3.63) is 62.4 Å². The largest absolute Gasteiger partial charge is 0.508 e. The van der Waals surface area contributed by atoms with Gasteiger partial charge in [0.1, 0.15) is 5.75 Å². The summed E-state index contributed by atoms with van der Waals surface area (Å²) in [7, 11) is 3.82. The number of H-pyrrole nitrogens is 2. The third kappa shape index (κ3) is 5.92. The summed E-state index contributed by atoms with van der Waals surface area (Å²) in [5.74, 6) is -0.0807. The number of phenols is 1. The summed E-state index contributed by atoms with van der Waals surface area (Å²) in [5.41, 5.74) is -0.112. The molecule has 1 amide bonds. The van der Waals surface area contributed by atoms with E-state index in [1.54, 1.807) is 23.1 Å². The zero-order valence-electron chi connectivity index (χ0n) is 14.3. The lowest BCUT2D eigenvalue weighted by Gasteiger charge is -2.24. The monoisotopic (exact) mass is 346 g/mol. The molecule has 0 atom stereocenters. The molecule has 0 fully saturated rings. The fraction of sp³-hybridized carbons (Fsp3) is 0.353. The summed E-state index contributed by atoms with van der Waals surface area (Å²) in [6.07, 6.45) is -0.0780. The summed E-state index contributed by atoms with van der Waals surface area (Å²) in [6.45, 7) is 1.47. The molecule has 0 aliphatic carbocycles. The number of likely N-dealkylation sites (N-methyl/N-ethyl adjacent to an activating group) is 1. The van der Waals surface area contributed by atoms with E-state index >= 15 is 0 Å². The van der Waals surface area contributed by atoms with Crippen molar-refractivity contribution in [2.75, 3.05) is 27.2 Å². The maximum atomic E-state index is 12.6. The number of hydrogen-bond acceptors (Lipinski definition) is 5. The van der Waals surface area contributed by atoms with Crippen molar-refractivity contribution in [1.29, 1.82) is 0 Å². The van der Waals surface area contributed by atoms with Gasteiger partial charge >= 0.3 is 5.69 Å². The van der Waals surface area contributed by atoms with Gasteiger partial charge in [0.25, 0.3) is 5.56 Å². The minimum Gasteiger partial charge on any atom is -0.508 e. The minimum absolute atomic E-state index is 0.0780. The number of phenolic OH excluding ortho intramolecular Hbond substituents is 1. The average Bonchev–Trinajstić information content (AvgIpc) is 2.50. The molecular weight excluding hydrogens is 324 g/mol. The van der Waals surface area contributed by atoms with E-state index in [2.05, 4.69) is 9.97 Å². The number of nitrogens with zero attached hydrogens (tertiary/aromatic N) is 2. The van der Waals surface area contributed by atoms with Gasteiger partial charge in [-0.3, -0.25) is 14.6 Å². The number of benzene rings is 1. The highest BCUT2D eigenvalue weighted by Crippen LogP contribution is 2.13. The van der Waals surface area contributed by atoms with Crippen molar-refractivity contribution in [2.24, 2.45) is 0 Å². The third-order valence-electron chi connectivity index (χ3n) is 3.61. The molecule has 0 aliphatic heterocycles. The molecule has 0 bridgehead atoms. The van der Waals surface area contributed by atoms with Crippen molar-refractivity contribution in [1.82, 2.24) is 19.8 Å². The van der Waals surface area contributed by atoms with Crippen LogP contribution in [0.4, 0.5) is 0 Å². The topological polar surface area (TPSA) is 110 Å². The molecule has 0 saturated carbocycles. The number of aromatic amines is 2. The fourth-order valence-corrected chi connectivity index (χ4v) is 2.38. The van der Waals surface area contributed by atoms with Crippen LogP contribution in [0.5, 0.6) is 5.75 Å². The molecule has 1 heterocycles. The highest BCUT2D eigenvalue weighted by molar-refractivity contribution is 5.78. The number of carbonyl (C=O) groups is 1. The first kappa shape index (κ1) is 18.5. The molecule has 0 spiro atoms. The number of carbonyl (C=O) groups excluding carboxylic acids is 1. The molecule has 25 heavy (non-hydrogen) atoms. The Bertz CT molecular complexity index is 813. The van der Waals surface area contributed by atoms with Gasteiger partial charge in [-0.05, 0) is 31.8 Å². The van der Waals surface area contributed by atoms with Crippen LogP contribution in [0, 0.1) is 0 Å². The fourth-order valence-electron chi connectivity index (χ4n) is 2.38. The number of rotatable bonds is 7. The molecule has 134 valence electrons. The standard InChI is InChI=1S/C17H22N4O4/c1-20(2)6-7-21(11-12-4-3-5-14(22)8-12)16(24)10-13-9-15(23)19-17(25)18-13/h3-5,8-9,22H,6-7,10-11H2,1-2H3,(H2,18,19,23,25). The minimum atomic E-state index is -0.636. The van der Waals surface area contributed by atoms with Gasteiger partial charge in [-0.2, -0.15) is 0 Å². The SMILES string of the molecule is CN(C)CCN(Cc1cccc(O)c1)C(=O)Cc1cc(=O)[nH]c(=O)[nH]1. The second-order valence-corrected chi connectivity index (χ2v) is 6.08. The molecule has 0 radical (unpaired) electrons. The lowest BCUT2D eigenvalue weighted by molar-refractivity contribution is -0.131. The highest BCUT2D eigenvalue weighted by atomic mass is 16.3. The van der Waals surface area contributed by atoms with Crippen LogP contribution in [-0.2, 0) is 17.8 Å². The highest BCUT2D eigenvalue weighted by Gasteiger charge is 2.16. The van der Waals surface area contributed by atoms with Crippen molar-refractivity contribution in [3.8, 4) is 5.75 Å². The van der Waals surface area contributed by atoms with Crippen LogP contribution in [0.3, 0.4) is 0 Å². The van der Waals surface area contributed by atoms with Crippen LogP contribution in [0.2, 0.25) is 0 Å². The molecule has 0 unspecified atom stereocenters. The normalized spacial score (nSPS) is 10.8. The van der Waals surface area contributed by atoms with E-state index in [1.165, 1.54) is 6.07 Å². The number of aromatic hydroxyl groups is 1. The van der Waals surface area contributed by atoms with E-state index in [0.29, 0.717) is 19.6 Å². The maximum absolute atomic E-state index is 12.6. The first-order valence-corrected chi connectivity index (χ1v) is 7.86. The molecule has 8 heteroatoms. The molecule has 1 aromatic heterocycles. The Morgan fingerprint density at radius 3 is 2.52 bits per heavy atom. The van der Waals surface area contributed by atoms with Crippen molar-refractivity contribution < 1.29 is 9.90 Å². The van der Waals surface area contributed by atoms with Gasteiger partial charge in [0, 0.05) is 31.4 Å². The van der Waals surface area contributed by atoms with Crippen LogP contribution in [-0.4, -0.2) is 58.0 Å². The lowest BCUT2D eigenvalue weighted by atomic mass is 10.2. The van der Waals surface area contributed by atoms with E-state index in [1.807, 2.05) is 25.1 Å². The molecule has 3 N–H and O–H groups in total. The first-order valence-electron chi connectivity index (χ1n) is 7.86. The third-order valence-corrected chi connectivity index (χ3v) is 3.61. The zero-order chi connectivity index (χ0) is 18.4. The molecule has 2 aromatic rings. The van der Waals surface area contributed by atoms with E-state index in [9.17, 15) is 19.5 Å². The Hall–Kier alpha value is -2.87. The van der Waals surface area contributed by atoms with Crippen LogP contribution >= 0.6 is 0 Å². The lowest BCUT2D eigenvalue weighted by Crippen LogP contribution is -2.37. The van der Waals surface area contributed by atoms with E-state index in [4.69, 9.17) is 0 Å². The van der Waals surface area contributed by atoms with Gasteiger partial charge in [0.15, 0.2) is 0 Å². The number of nitrogens with one attached hydrogen (secondary N) is 2. The Morgan fingerprint density at radius 2 is 1.88 bits per heavy atom. The van der Waals surface area contributed by atoms with Crippen LogP contribution in [0.15, 0.2) is 39.9 Å². The van der Waals surface area contributed by atoms with Gasteiger partial charge in [-0.25, -0.2) is 4.79 Å². The Kier molecular flexibility index (Phi) is 6.13. The predicted molar refractivity (Wildman–Crippen MR) is 93.5 cm³/mol. The van der Waals surface area contributed by atoms with Crippen molar-refractivity contribution >= 4 is 5.91 Å². The van der Waals surface area contributed by atoms with Crippen molar-refractivity contribution in [2.45, 2.75) is 13.0 Å². The molecule has 8 nitrogen and oxygen atoms in total. The number of aromatic nitrogens is 2. The molecule has 0 saturated heterocycles. The van der Waals surface area contributed by atoms with Gasteiger partial charge in [-0.1, -0.05) is 12.1 Å². The van der Waals surface area contributed by atoms with Gasteiger partial charge in [-0.15, -0.1) is 0 Å². The second kappa shape index (κ2) is 8.29. The number of hydrogen-bond donors (Lipinski definition) is 3. The van der Waals surface area contributed by atoms with Gasteiger partial charge < -0.3 is 19.9 Å². The number of amides is 1. The quantitative estimate of drug-likeness (QED) is 0.649. The van der Waals surface area contributed by atoms with Crippen molar-refractivity contribution in [3.63, 3.8) is 0 Å². The first-order chi connectivity index (χ1) is 11.8. The zero-order valence-corrected chi connectivity index (χ0v) is 14.3. The van der Waals surface area contributed by atoms with E-state index < -0.39 is 11.2 Å².